The number of nitrogens with one attached hydrogen (secondary N) is 2. The molecule has 132 valence electrons. The molecule has 0 saturated carbocycles. The number of hydrogen-bond donors (Lipinski definition) is 2. The number of anilines is 1. The van der Waals surface area contributed by atoms with E-state index in [1.807, 2.05) is 30.3 Å². The van der Waals surface area contributed by atoms with Crippen molar-refractivity contribution in [1.82, 2.24) is 5.32 Å². The van der Waals surface area contributed by atoms with Crippen LogP contribution >= 0.6 is 11.6 Å². The van der Waals surface area contributed by atoms with Gasteiger partial charge in [0.15, 0.2) is 0 Å². The fourth-order valence-corrected chi connectivity index (χ4v) is 2.44. The van der Waals surface area contributed by atoms with E-state index in [-0.39, 0.29) is 17.6 Å². The molecule has 0 aliphatic rings. The van der Waals surface area contributed by atoms with Gasteiger partial charge in [0.05, 0.1) is 5.02 Å². The minimum atomic E-state index is -0.488. The Morgan fingerprint density at radius 2 is 1.65 bits per heavy atom. The maximum absolute atomic E-state index is 13.1. The number of amides is 2. The molecule has 0 aliphatic carbocycles. The van der Waals surface area contributed by atoms with Gasteiger partial charge in [0.25, 0.3) is 0 Å². The normalized spacial score (nSPS) is 10.2. The average Bonchev–Trinajstić information content (AvgIpc) is 2.65. The summed E-state index contributed by atoms with van der Waals surface area (Å²) in [4.78, 5) is 12.0. The summed E-state index contributed by atoms with van der Waals surface area (Å²) in [7, 11) is 0. The van der Waals surface area contributed by atoms with E-state index >= 15 is 0 Å². The Hall–Kier alpha value is -3.05. The summed E-state index contributed by atoms with van der Waals surface area (Å²) in [5.41, 5.74) is 1.33. The molecule has 0 spiro atoms. The van der Waals surface area contributed by atoms with E-state index in [1.54, 1.807) is 30.3 Å². The molecule has 0 atom stereocenters. The quantitative estimate of drug-likeness (QED) is 0.614. The highest BCUT2D eigenvalue weighted by molar-refractivity contribution is 6.30. The van der Waals surface area contributed by atoms with Gasteiger partial charge in [0.1, 0.15) is 17.3 Å². The van der Waals surface area contributed by atoms with Crippen LogP contribution in [0.15, 0.2) is 72.8 Å². The number of para-hydroxylation sites is 1. The first-order valence-electron chi connectivity index (χ1n) is 7.92. The Balaban J connectivity index is 1.51. The maximum atomic E-state index is 13.1. The first kappa shape index (κ1) is 17.8. The Labute approximate surface area is 155 Å². The van der Waals surface area contributed by atoms with Crippen LogP contribution in [0.25, 0.3) is 0 Å². The third kappa shape index (κ3) is 4.97. The molecular formula is C20H16ClFN2O2. The molecule has 0 radical (unpaired) electrons. The second-order valence-corrected chi connectivity index (χ2v) is 5.90. The predicted octanol–water partition coefficient (Wildman–Crippen LogP) is 5.59. The predicted molar refractivity (Wildman–Crippen MR) is 100 cm³/mol. The number of rotatable bonds is 5. The molecule has 0 aromatic heterocycles. The van der Waals surface area contributed by atoms with Crippen molar-refractivity contribution in [3.8, 4) is 11.5 Å². The number of urea groups is 1. The highest BCUT2D eigenvalue weighted by Gasteiger charge is 2.05. The zero-order chi connectivity index (χ0) is 18.4. The molecule has 3 aromatic carbocycles. The number of ether oxygens (including phenoxy) is 1. The van der Waals surface area contributed by atoms with E-state index in [9.17, 15) is 9.18 Å². The molecular weight excluding hydrogens is 355 g/mol. The molecule has 6 heteroatoms. The van der Waals surface area contributed by atoms with Gasteiger partial charge in [-0.3, -0.25) is 0 Å². The fraction of sp³-hybridized carbons (Fsp3) is 0.0500. The molecule has 0 bridgehead atoms. The van der Waals surface area contributed by atoms with Crippen LogP contribution in [0.5, 0.6) is 11.5 Å². The van der Waals surface area contributed by atoms with Crippen molar-refractivity contribution >= 4 is 23.3 Å². The first-order chi connectivity index (χ1) is 12.6. The Kier molecular flexibility index (Phi) is 5.71. The maximum Gasteiger partial charge on any atom is 0.319 e. The zero-order valence-corrected chi connectivity index (χ0v) is 14.5. The van der Waals surface area contributed by atoms with E-state index in [0.29, 0.717) is 17.0 Å². The highest BCUT2D eigenvalue weighted by atomic mass is 35.5. The van der Waals surface area contributed by atoms with Crippen LogP contribution in [0, 0.1) is 5.82 Å². The number of carbonyl (C=O) groups is 1. The summed E-state index contributed by atoms with van der Waals surface area (Å²) in [5, 5.41) is 5.43. The molecule has 26 heavy (non-hydrogen) atoms. The lowest BCUT2D eigenvalue weighted by molar-refractivity contribution is 0.251. The Morgan fingerprint density at radius 3 is 2.35 bits per heavy atom. The number of benzene rings is 3. The largest absolute Gasteiger partial charge is 0.457 e. The lowest BCUT2D eigenvalue weighted by Crippen LogP contribution is -2.28. The second-order valence-electron chi connectivity index (χ2n) is 5.50. The van der Waals surface area contributed by atoms with Gasteiger partial charge in [0.2, 0.25) is 0 Å². The molecule has 0 saturated heterocycles. The standard InChI is InChI=1S/C20H16ClFN2O2/c21-18-12-14(6-11-19(18)22)13-23-20(25)24-15-7-9-17(10-8-15)26-16-4-2-1-3-5-16/h1-12H,13H2,(H2,23,24,25). The van der Waals surface area contributed by atoms with Crippen molar-refractivity contribution in [1.29, 1.82) is 0 Å². The molecule has 3 rings (SSSR count). The molecule has 0 fully saturated rings. The summed E-state index contributed by atoms with van der Waals surface area (Å²) in [5.74, 6) is 0.921. The summed E-state index contributed by atoms with van der Waals surface area (Å²) in [6.45, 7) is 0.237. The van der Waals surface area contributed by atoms with Gasteiger partial charge in [-0.25, -0.2) is 9.18 Å². The van der Waals surface area contributed by atoms with Crippen LogP contribution in [0.3, 0.4) is 0 Å². The van der Waals surface area contributed by atoms with Crippen molar-refractivity contribution in [2.45, 2.75) is 6.54 Å². The van der Waals surface area contributed by atoms with Crippen molar-refractivity contribution in [3.63, 3.8) is 0 Å². The van der Waals surface area contributed by atoms with Gasteiger partial charge in [-0.2, -0.15) is 0 Å². The van der Waals surface area contributed by atoms with Gasteiger partial charge in [0, 0.05) is 12.2 Å². The van der Waals surface area contributed by atoms with Crippen molar-refractivity contribution < 1.29 is 13.9 Å². The number of hydrogen-bond acceptors (Lipinski definition) is 2. The number of halogens is 2. The molecule has 0 aliphatic heterocycles. The van der Waals surface area contributed by atoms with Crippen molar-refractivity contribution in [2.24, 2.45) is 0 Å². The van der Waals surface area contributed by atoms with E-state index in [4.69, 9.17) is 16.3 Å². The Bertz CT molecular complexity index is 886. The van der Waals surface area contributed by atoms with Gasteiger partial charge in [-0.15, -0.1) is 0 Å². The molecule has 4 nitrogen and oxygen atoms in total. The molecule has 2 N–H and O–H groups in total. The van der Waals surface area contributed by atoms with Gasteiger partial charge < -0.3 is 15.4 Å². The van der Waals surface area contributed by atoms with Crippen LogP contribution < -0.4 is 15.4 Å². The zero-order valence-electron chi connectivity index (χ0n) is 13.7. The van der Waals surface area contributed by atoms with Crippen LogP contribution in [-0.2, 0) is 6.54 Å². The summed E-state index contributed by atoms with van der Waals surface area (Å²) < 4.78 is 18.8. The van der Waals surface area contributed by atoms with Crippen molar-refractivity contribution in [2.75, 3.05) is 5.32 Å². The lowest BCUT2D eigenvalue weighted by atomic mass is 10.2. The third-order valence-corrected chi connectivity index (χ3v) is 3.82. The van der Waals surface area contributed by atoms with E-state index in [0.717, 1.165) is 5.75 Å². The van der Waals surface area contributed by atoms with Crippen LogP contribution in [0.4, 0.5) is 14.9 Å². The van der Waals surface area contributed by atoms with Gasteiger partial charge >= 0.3 is 6.03 Å². The van der Waals surface area contributed by atoms with E-state index in [1.165, 1.54) is 12.1 Å². The smallest absolute Gasteiger partial charge is 0.319 e. The highest BCUT2D eigenvalue weighted by Crippen LogP contribution is 2.22. The summed E-state index contributed by atoms with van der Waals surface area (Å²) in [6.07, 6.45) is 0. The number of carbonyl (C=O) groups excluding carboxylic acids is 1. The van der Waals surface area contributed by atoms with E-state index < -0.39 is 5.82 Å². The molecule has 2 amide bonds. The van der Waals surface area contributed by atoms with Gasteiger partial charge in [-0.1, -0.05) is 35.9 Å². The topological polar surface area (TPSA) is 50.4 Å². The molecule has 3 aromatic rings. The van der Waals surface area contributed by atoms with Gasteiger partial charge in [-0.05, 0) is 54.1 Å². The third-order valence-electron chi connectivity index (χ3n) is 3.53. The lowest BCUT2D eigenvalue weighted by Gasteiger charge is -2.09. The average molecular weight is 371 g/mol. The van der Waals surface area contributed by atoms with Crippen molar-refractivity contribution in [3.05, 3.63) is 89.2 Å². The van der Waals surface area contributed by atoms with Crippen LogP contribution in [-0.4, -0.2) is 6.03 Å². The van der Waals surface area contributed by atoms with Crippen LogP contribution in [0.2, 0.25) is 5.02 Å². The summed E-state index contributed by atoms with van der Waals surface area (Å²) >= 11 is 5.72. The monoisotopic (exact) mass is 370 g/mol. The Morgan fingerprint density at radius 1 is 0.962 bits per heavy atom. The second kappa shape index (κ2) is 8.36. The first-order valence-corrected chi connectivity index (χ1v) is 8.30. The SMILES string of the molecule is O=C(NCc1ccc(F)c(Cl)c1)Nc1ccc(Oc2ccccc2)cc1. The van der Waals surface area contributed by atoms with Crippen LogP contribution in [0.1, 0.15) is 5.56 Å². The minimum Gasteiger partial charge on any atom is -0.457 e. The summed E-state index contributed by atoms with van der Waals surface area (Å²) in [6, 6.07) is 20.4. The molecule has 0 unspecified atom stereocenters. The fourth-order valence-electron chi connectivity index (χ4n) is 2.24. The van der Waals surface area contributed by atoms with E-state index in [2.05, 4.69) is 10.6 Å². The minimum absolute atomic E-state index is 0.0266. The molecule has 0 heterocycles.